The maximum atomic E-state index is 12.7. The number of benzene rings is 2. The van der Waals surface area contributed by atoms with E-state index in [1.807, 2.05) is 48.5 Å². The van der Waals surface area contributed by atoms with Crippen LogP contribution in [0.1, 0.15) is 18.7 Å². The molecule has 8 nitrogen and oxygen atoms in total. The van der Waals surface area contributed by atoms with Crippen molar-refractivity contribution >= 4 is 11.6 Å². The molecule has 0 atom stereocenters. The second kappa shape index (κ2) is 8.77. The highest BCUT2D eigenvalue weighted by molar-refractivity contribution is 5.93. The molecule has 1 N–H and O–H groups in total. The van der Waals surface area contributed by atoms with Crippen molar-refractivity contribution in [3.63, 3.8) is 0 Å². The smallest absolute Gasteiger partial charge is 0.241 e. The summed E-state index contributed by atoms with van der Waals surface area (Å²) in [6.07, 6.45) is 1.58. The molecule has 2 aliphatic rings. The Morgan fingerprint density at radius 1 is 1.03 bits per heavy atom. The van der Waals surface area contributed by atoms with Crippen LogP contribution in [0.2, 0.25) is 0 Å². The lowest BCUT2D eigenvalue weighted by molar-refractivity contribution is -0.121. The molecule has 2 aromatic carbocycles. The largest absolute Gasteiger partial charge is 0.486 e. The fourth-order valence-corrected chi connectivity index (χ4v) is 3.93. The van der Waals surface area contributed by atoms with E-state index < -0.39 is 0 Å². The molecular weight excluding hydrogens is 396 g/mol. The van der Waals surface area contributed by atoms with E-state index in [0.717, 1.165) is 37.2 Å². The van der Waals surface area contributed by atoms with Gasteiger partial charge in [0, 0.05) is 23.2 Å². The van der Waals surface area contributed by atoms with Crippen LogP contribution in [-0.2, 0) is 11.3 Å². The average Bonchev–Trinajstić information content (AvgIpc) is 3.28. The fraction of sp³-hybridized carbons (Fsp3) is 0.348. The molecule has 1 amide bonds. The SMILES string of the molecule is O=C(Nc1ccc2c(c1)OCCO2)C1CCN(Cc2nc(-c3ccccc3)no2)CC1. The number of hydrogen-bond acceptors (Lipinski definition) is 7. The summed E-state index contributed by atoms with van der Waals surface area (Å²) in [4.78, 5) is 19.5. The van der Waals surface area contributed by atoms with E-state index in [2.05, 4.69) is 20.4 Å². The number of amides is 1. The van der Waals surface area contributed by atoms with E-state index in [9.17, 15) is 4.79 Å². The first-order chi connectivity index (χ1) is 15.2. The zero-order valence-electron chi connectivity index (χ0n) is 17.1. The molecule has 0 saturated carbocycles. The summed E-state index contributed by atoms with van der Waals surface area (Å²) in [5, 5.41) is 7.09. The van der Waals surface area contributed by atoms with Crippen LogP contribution in [0.4, 0.5) is 5.69 Å². The molecule has 0 spiro atoms. The van der Waals surface area contributed by atoms with Gasteiger partial charge in [0.05, 0.1) is 6.54 Å². The number of carbonyl (C=O) groups excluding carboxylic acids is 1. The molecule has 0 bridgehead atoms. The lowest BCUT2D eigenvalue weighted by Gasteiger charge is -2.30. The van der Waals surface area contributed by atoms with Gasteiger partial charge in [-0.1, -0.05) is 35.5 Å². The van der Waals surface area contributed by atoms with Crippen molar-refractivity contribution in [2.75, 3.05) is 31.6 Å². The summed E-state index contributed by atoms with van der Waals surface area (Å²) >= 11 is 0. The predicted molar refractivity (Wildman–Crippen MR) is 114 cm³/mol. The number of rotatable bonds is 5. The standard InChI is InChI=1S/C23H24N4O4/c28-23(24-18-6-7-19-20(14-18)30-13-12-29-19)17-8-10-27(11-9-17)15-21-25-22(26-31-21)16-4-2-1-3-5-16/h1-7,14,17H,8-13,15H2,(H,24,28). The van der Waals surface area contributed by atoms with Crippen molar-refractivity contribution in [2.45, 2.75) is 19.4 Å². The number of likely N-dealkylation sites (tertiary alicyclic amines) is 1. The minimum Gasteiger partial charge on any atom is -0.486 e. The minimum atomic E-state index is -0.0213. The van der Waals surface area contributed by atoms with E-state index in [4.69, 9.17) is 14.0 Å². The van der Waals surface area contributed by atoms with Crippen LogP contribution in [0.3, 0.4) is 0 Å². The van der Waals surface area contributed by atoms with Crippen LogP contribution in [0.5, 0.6) is 11.5 Å². The Kier molecular flexibility index (Phi) is 5.54. The highest BCUT2D eigenvalue weighted by atomic mass is 16.6. The van der Waals surface area contributed by atoms with Gasteiger partial charge in [0.15, 0.2) is 11.5 Å². The first kappa shape index (κ1) is 19.6. The molecule has 8 heteroatoms. The van der Waals surface area contributed by atoms with E-state index in [1.54, 1.807) is 0 Å². The third kappa shape index (κ3) is 4.54. The number of ether oxygens (including phenoxy) is 2. The Balaban J connectivity index is 1.13. The molecule has 1 aromatic heterocycles. The number of nitrogens with zero attached hydrogens (tertiary/aromatic N) is 3. The first-order valence-electron chi connectivity index (χ1n) is 10.6. The monoisotopic (exact) mass is 420 g/mol. The quantitative estimate of drug-likeness (QED) is 0.677. The molecule has 1 saturated heterocycles. The van der Waals surface area contributed by atoms with Gasteiger partial charge in [-0.25, -0.2) is 0 Å². The Morgan fingerprint density at radius 3 is 2.61 bits per heavy atom. The van der Waals surface area contributed by atoms with Crippen molar-refractivity contribution in [3.8, 4) is 22.9 Å². The molecule has 1 fully saturated rings. The van der Waals surface area contributed by atoms with Crippen LogP contribution in [0.25, 0.3) is 11.4 Å². The Bertz CT molecular complexity index is 1040. The Labute approximate surface area is 180 Å². The molecule has 5 rings (SSSR count). The van der Waals surface area contributed by atoms with E-state index >= 15 is 0 Å². The molecule has 0 radical (unpaired) electrons. The number of hydrogen-bond donors (Lipinski definition) is 1. The molecule has 31 heavy (non-hydrogen) atoms. The second-order valence-corrected chi connectivity index (χ2v) is 7.78. The van der Waals surface area contributed by atoms with Crippen molar-refractivity contribution in [2.24, 2.45) is 5.92 Å². The summed E-state index contributed by atoms with van der Waals surface area (Å²) < 4.78 is 16.5. The van der Waals surface area contributed by atoms with E-state index in [0.29, 0.717) is 43.0 Å². The zero-order valence-corrected chi connectivity index (χ0v) is 17.1. The van der Waals surface area contributed by atoms with Crippen molar-refractivity contribution in [3.05, 3.63) is 54.4 Å². The first-order valence-corrected chi connectivity index (χ1v) is 10.6. The highest BCUT2D eigenvalue weighted by Gasteiger charge is 2.26. The van der Waals surface area contributed by atoms with Crippen molar-refractivity contribution in [1.82, 2.24) is 15.0 Å². The van der Waals surface area contributed by atoms with Gasteiger partial charge in [0.2, 0.25) is 17.6 Å². The van der Waals surface area contributed by atoms with Crippen molar-refractivity contribution < 1.29 is 18.8 Å². The maximum Gasteiger partial charge on any atom is 0.241 e. The van der Waals surface area contributed by atoms with E-state index in [1.165, 1.54) is 0 Å². The molecule has 2 aliphatic heterocycles. The van der Waals surface area contributed by atoms with Crippen LogP contribution in [0, 0.1) is 5.92 Å². The van der Waals surface area contributed by atoms with Crippen molar-refractivity contribution in [1.29, 1.82) is 0 Å². The van der Waals surface area contributed by atoms with Gasteiger partial charge in [-0.15, -0.1) is 0 Å². The zero-order chi connectivity index (χ0) is 21.0. The number of fused-ring (bicyclic) bond motifs is 1. The van der Waals surface area contributed by atoms with Gasteiger partial charge >= 0.3 is 0 Å². The topological polar surface area (TPSA) is 89.7 Å². The summed E-state index contributed by atoms with van der Waals surface area (Å²) in [5.41, 5.74) is 1.67. The van der Waals surface area contributed by atoms with Gasteiger partial charge < -0.3 is 19.3 Å². The molecule has 160 valence electrons. The second-order valence-electron chi connectivity index (χ2n) is 7.78. The number of anilines is 1. The van der Waals surface area contributed by atoms with Gasteiger partial charge in [0.25, 0.3) is 0 Å². The average molecular weight is 420 g/mol. The summed E-state index contributed by atoms with van der Waals surface area (Å²) in [7, 11) is 0. The summed E-state index contributed by atoms with van der Waals surface area (Å²) in [6, 6.07) is 15.3. The Hall–Kier alpha value is -3.39. The minimum absolute atomic E-state index is 0.0213. The lowest BCUT2D eigenvalue weighted by Crippen LogP contribution is -2.37. The highest BCUT2D eigenvalue weighted by Crippen LogP contribution is 2.33. The van der Waals surface area contributed by atoms with Gasteiger partial charge in [-0.3, -0.25) is 9.69 Å². The third-order valence-corrected chi connectivity index (χ3v) is 5.63. The van der Waals surface area contributed by atoms with Crippen LogP contribution < -0.4 is 14.8 Å². The molecule has 0 aliphatic carbocycles. The maximum absolute atomic E-state index is 12.7. The number of carbonyl (C=O) groups is 1. The molecule has 3 aromatic rings. The predicted octanol–water partition coefficient (Wildman–Crippen LogP) is 3.36. The van der Waals surface area contributed by atoms with Gasteiger partial charge in [0.1, 0.15) is 13.2 Å². The lowest BCUT2D eigenvalue weighted by atomic mass is 9.96. The van der Waals surface area contributed by atoms with Gasteiger partial charge in [-0.2, -0.15) is 4.98 Å². The third-order valence-electron chi connectivity index (χ3n) is 5.63. The van der Waals surface area contributed by atoms with Crippen LogP contribution in [-0.4, -0.2) is 47.3 Å². The normalized spacial score (nSPS) is 16.8. The van der Waals surface area contributed by atoms with Crippen LogP contribution in [0.15, 0.2) is 53.1 Å². The fourth-order valence-electron chi connectivity index (χ4n) is 3.93. The van der Waals surface area contributed by atoms with Gasteiger partial charge in [-0.05, 0) is 38.1 Å². The molecular formula is C23H24N4O4. The number of piperidine rings is 1. The number of nitrogens with one attached hydrogen (secondary N) is 1. The van der Waals surface area contributed by atoms with E-state index in [-0.39, 0.29) is 11.8 Å². The van der Waals surface area contributed by atoms with Crippen LogP contribution >= 0.6 is 0 Å². The molecule has 3 heterocycles. The molecule has 0 unspecified atom stereocenters. The summed E-state index contributed by atoms with van der Waals surface area (Å²) in [5.74, 6) is 2.61. The summed E-state index contributed by atoms with van der Waals surface area (Å²) in [6.45, 7) is 3.28. The Morgan fingerprint density at radius 2 is 1.81 bits per heavy atom. The number of aromatic nitrogens is 2.